The SMILES string of the molecule is CCC1(C(NC)c2cccc(Cl)c2Cl)CCCC1. The van der Waals surface area contributed by atoms with Gasteiger partial charge in [-0.25, -0.2) is 0 Å². The third kappa shape index (κ3) is 2.41. The summed E-state index contributed by atoms with van der Waals surface area (Å²) in [5, 5.41) is 4.84. The highest BCUT2D eigenvalue weighted by Crippen LogP contribution is 2.51. The van der Waals surface area contributed by atoms with Gasteiger partial charge in [-0.05, 0) is 43.4 Å². The van der Waals surface area contributed by atoms with Gasteiger partial charge in [0.2, 0.25) is 0 Å². The Kier molecular flexibility index (Phi) is 4.58. The minimum atomic E-state index is 0.302. The van der Waals surface area contributed by atoms with Gasteiger partial charge < -0.3 is 5.32 Å². The zero-order valence-electron chi connectivity index (χ0n) is 11.1. The van der Waals surface area contributed by atoms with Crippen LogP contribution in [0.2, 0.25) is 10.0 Å². The van der Waals surface area contributed by atoms with Crippen molar-refractivity contribution in [2.45, 2.75) is 45.1 Å². The van der Waals surface area contributed by atoms with Crippen molar-refractivity contribution < 1.29 is 0 Å². The first-order chi connectivity index (χ1) is 8.64. The molecule has 0 amide bonds. The Morgan fingerprint density at radius 1 is 1.28 bits per heavy atom. The minimum absolute atomic E-state index is 0.302. The molecule has 0 radical (unpaired) electrons. The fourth-order valence-electron chi connectivity index (χ4n) is 3.46. The summed E-state index contributed by atoms with van der Waals surface area (Å²) in [6.45, 7) is 2.29. The van der Waals surface area contributed by atoms with Crippen molar-refractivity contribution in [1.29, 1.82) is 0 Å². The van der Waals surface area contributed by atoms with E-state index in [1.54, 1.807) is 0 Å². The van der Waals surface area contributed by atoms with Crippen LogP contribution in [0.15, 0.2) is 18.2 Å². The molecule has 2 rings (SSSR count). The average molecular weight is 286 g/mol. The summed E-state index contributed by atoms with van der Waals surface area (Å²) in [6, 6.07) is 6.25. The highest BCUT2D eigenvalue weighted by atomic mass is 35.5. The van der Waals surface area contributed by atoms with Crippen LogP contribution in [0.3, 0.4) is 0 Å². The fourth-order valence-corrected chi connectivity index (χ4v) is 3.88. The lowest BCUT2D eigenvalue weighted by Crippen LogP contribution is -2.34. The van der Waals surface area contributed by atoms with Gasteiger partial charge in [0.1, 0.15) is 0 Å². The van der Waals surface area contributed by atoms with E-state index in [4.69, 9.17) is 23.2 Å². The predicted octanol–water partition coefficient (Wildman–Crippen LogP) is 5.22. The van der Waals surface area contributed by atoms with E-state index in [1.165, 1.54) is 32.1 Å². The zero-order chi connectivity index (χ0) is 13.2. The molecular weight excluding hydrogens is 265 g/mol. The van der Waals surface area contributed by atoms with Gasteiger partial charge in [-0.2, -0.15) is 0 Å². The fraction of sp³-hybridized carbons (Fsp3) is 0.600. The summed E-state index contributed by atoms with van der Waals surface area (Å²) >= 11 is 12.5. The molecule has 1 aliphatic carbocycles. The van der Waals surface area contributed by atoms with Gasteiger partial charge in [0.25, 0.3) is 0 Å². The van der Waals surface area contributed by atoms with E-state index in [0.29, 0.717) is 21.5 Å². The summed E-state index contributed by atoms with van der Waals surface area (Å²) in [5.41, 5.74) is 1.48. The van der Waals surface area contributed by atoms with Gasteiger partial charge >= 0.3 is 0 Å². The van der Waals surface area contributed by atoms with Crippen LogP contribution in [0.1, 0.15) is 50.6 Å². The molecule has 0 saturated heterocycles. The summed E-state index contributed by atoms with van der Waals surface area (Å²) in [7, 11) is 2.03. The Balaban J connectivity index is 2.41. The molecule has 0 heterocycles. The van der Waals surface area contributed by atoms with E-state index in [1.807, 2.05) is 19.2 Å². The molecule has 0 aliphatic heterocycles. The van der Waals surface area contributed by atoms with Crippen molar-refractivity contribution in [2.24, 2.45) is 5.41 Å². The summed E-state index contributed by atoms with van der Waals surface area (Å²) in [5.74, 6) is 0. The number of rotatable bonds is 4. The summed E-state index contributed by atoms with van der Waals surface area (Å²) < 4.78 is 0. The first-order valence-corrected chi connectivity index (χ1v) is 7.51. The lowest BCUT2D eigenvalue weighted by molar-refractivity contribution is 0.195. The standard InChI is InChI=1S/C15H21Cl2N/c1-3-15(9-4-5-10-15)14(18-2)11-7-6-8-12(16)13(11)17/h6-8,14,18H,3-5,9-10H2,1-2H3. The summed E-state index contributed by atoms with van der Waals surface area (Å²) in [6.07, 6.45) is 6.38. The minimum Gasteiger partial charge on any atom is -0.312 e. The Hall–Kier alpha value is -0.240. The maximum Gasteiger partial charge on any atom is 0.0640 e. The van der Waals surface area contributed by atoms with E-state index < -0.39 is 0 Å². The van der Waals surface area contributed by atoms with Crippen molar-refractivity contribution in [2.75, 3.05) is 7.05 Å². The van der Waals surface area contributed by atoms with E-state index in [9.17, 15) is 0 Å². The number of hydrogen-bond donors (Lipinski definition) is 1. The Labute approximate surface area is 120 Å². The topological polar surface area (TPSA) is 12.0 Å². The molecule has 18 heavy (non-hydrogen) atoms. The zero-order valence-corrected chi connectivity index (χ0v) is 12.6. The van der Waals surface area contributed by atoms with E-state index in [2.05, 4.69) is 18.3 Å². The van der Waals surface area contributed by atoms with Gasteiger partial charge in [0.15, 0.2) is 0 Å². The predicted molar refractivity (Wildman–Crippen MR) is 79.5 cm³/mol. The second-order valence-corrected chi connectivity index (χ2v) is 6.07. The highest BCUT2D eigenvalue weighted by molar-refractivity contribution is 6.42. The molecule has 1 fully saturated rings. The number of nitrogens with one attached hydrogen (secondary N) is 1. The van der Waals surface area contributed by atoms with Crippen LogP contribution >= 0.6 is 23.2 Å². The van der Waals surface area contributed by atoms with Gasteiger partial charge in [-0.3, -0.25) is 0 Å². The van der Waals surface area contributed by atoms with Crippen LogP contribution in [0.4, 0.5) is 0 Å². The van der Waals surface area contributed by atoms with Crippen molar-refractivity contribution in [3.63, 3.8) is 0 Å². The van der Waals surface area contributed by atoms with Crippen LogP contribution < -0.4 is 5.32 Å². The normalized spacial score (nSPS) is 20.0. The van der Waals surface area contributed by atoms with Gasteiger partial charge in [-0.15, -0.1) is 0 Å². The molecule has 1 atom stereocenters. The average Bonchev–Trinajstić information content (AvgIpc) is 2.85. The molecule has 1 aliphatic rings. The molecule has 1 aromatic rings. The Bertz CT molecular complexity index is 411. The second-order valence-electron chi connectivity index (χ2n) is 5.29. The Morgan fingerprint density at radius 2 is 1.94 bits per heavy atom. The van der Waals surface area contributed by atoms with Crippen LogP contribution in [-0.2, 0) is 0 Å². The van der Waals surface area contributed by atoms with Crippen LogP contribution in [0, 0.1) is 5.41 Å². The molecule has 0 aromatic heterocycles. The summed E-state index contributed by atoms with van der Waals surface area (Å²) in [4.78, 5) is 0. The molecule has 100 valence electrons. The third-order valence-electron chi connectivity index (χ3n) is 4.50. The molecule has 1 N–H and O–H groups in total. The monoisotopic (exact) mass is 285 g/mol. The molecule has 1 saturated carbocycles. The molecule has 0 spiro atoms. The molecule has 3 heteroatoms. The maximum atomic E-state index is 6.39. The molecule has 0 bridgehead atoms. The van der Waals surface area contributed by atoms with Crippen LogP contribution in [0.5, 0.6) is 0 Å². The van der Waals surface area contributed by atoms with Crippen molar-refractivity contribution in [1.82, 2.24) is 5.32 Å². The number of benzene rings is 1. The van der Waals surface area contributed by atoms with E-state index in [0.717, 1.165) is 5.56 Å². The quantitative estimate of drug-likeness (QED) is 0.799. The van der Waals surface area contributed by atoms with Gasteiger partial charge in [0.05, 0.1) is 10.0 Å². The maximum absolute atomic E-state index is 6.39. The molecule has 1 aromatic carbocycles. The largest absolute Gasteiger partial charge is 0.312 e. The van der Waals surface area contributed by atoms with Crippen molar-refractivity contribution >= 4 is 23.2 Å². The second kappa shape index (κ2) is 5.81. The first kappa shape index (κ1) is 14.2. The Morgan fingerprint density at radius 3 is 2.50 bits per heavy atom. The van der Waals surface area contributed by atoms with Gasteiger partial charge in [-0.1, -0.05) is 55.1 Å². The van der Waals surface area contributed by atoms with Crippen LogP contribution in [-0.4, -0.2) is 7.05 Å². The van der Waals surface area contributed by atoms with Crippen molar-refractivity contribution in [3.05, 3.63) is 33.8 Å². The first-order valence-electron chi connectivity index (χ1n) is 6.76. The highest BCUT2D eigenvalue weighted by Gasteiger charge is 2.40. The third-order valence-corrected chi connectivity index (χ3v) is 5.33. The smallest absolute Gasteiger partial charge is 0.0640 e. The lowest BCUT2D eigenvalue weighted by atomic mass is 9.73. The number of hydrogen-bond acceptors (Lipinski definition) is 1. The molecule has 1 unspecified atom stereocenters. The molecular formula is C15H21Cl2N. The molecule has 1 nitrogen and oxygen atoms in total. The van der Waals surface area contributed by atoms with Gasteiger partial charge in [0, 0.05) is 6.04 Å². The lowest BCUT2D eigenvalue weighted by Gasteiger charge is -2.37. The van der Waals surface area contributed by atoms with Crippen LogP contribution in [0.25, 0.3) is 0 Å². The van der Waals surface area contributed by atoms with Crippen molar-refractivity contribution in [3.8, 4) is 0 Å². The number of halogens is 2. The van der Waals surface area contributed by atoms with E-state index >= 15 is 0 Å². The van der Waals surface area contributed by atoms with E-state index in [-0.39, 0.29) is 0 Å².